The molecule has 0 aliphatic carbocycles. The zero-order valence-corrected chi connectivity index (χ0v) is 14.3. The van der Waals surface area contributed by atoms with Gasteiger partial charge in [0.2, 0.25) is 0 Å². The van der Waals surface area contributed by atoms with Crippen LogP contribution in [-0.4, -0.2) is 6.04 Å². The first-order valence-corrected chi connectivity index (χ1v) is 8.02. The van der Waals surface area contributed by atoms with Gasteiger partial charge in [0, 0.05) is 17.1 Å². The molecule has 4 heteroatoms. The van der Waals surface area contributed by atoms with Crippen LogP contribution in [0.5, 0.6) is 0 Å². The van der Waals surface area contributed by atoms with Crippen LogP contribution in [-0.2, 0) is 13.0 Å². The minimum absolute atomic E-state index is 0.367. The number of hydrogen-bond donors (Lipinski definition) is 1. The van der Waals surface area contributed by atoms with Crippen molar-refractivity contribution < 1.29 is 0 Å². The van der Waals surface area contributed by atoms with Gasteiger partial charge in [-0.3, -0.25) is 0 Å². The second kappa shape index (κ2) is 7.46. The fourth-order valence-electron chi connectivity index (χ4n) is 2.02. The largest absolute Gasteiger partial charge is 0.310 e. The van der Waals surface area contributed by atoms with E-state index in [1.807, 2.05) is 12.1 Å². The molecule has 0 saturated heterocycles. The zero-order valence-electron chi connectivity index (χ0n) is 11.2. The molecule has 2 aromatic rings. The molecule has 0 fully saturated rings. The van der Waals surface area contributed by atoms with Gasteiger partial charge < -0.3 is 5.32 Å². The minimum atomic E-state index is 0.367. The van der Waals surface area contributed by atoms with Crippen LogP contribution >= 0.6 is 39.1 Å². The van der Waals surface area contributed by atoms with Crippen molar-refractivity contribution in [1.82, 2.24) is 5.32 Å². The summed E-state index contributed by atoms with van der Waals surface area (Å²) in [4.78, 5) is 0. The lowest BCUT2D eigenvalue weighted by Gasteiger charge is -2.15. The van der Waals surface area contributed by atoms with Crippen LogP contribution in [0.1, 0.15) is 18.1 Å². The van der Waals surface area contributed by atoms with Gasteiger partial charge in [0.05, 0.1) is 10.0 Å². The van der Waals surface area contributed by atoms with Crippen LogP contribution in [0.2, 0.25) is 10.0 Å². The van der Waals surface area contributed by atoms with Crippen LogP contribution < -0.4 is 5.32 Å². The molecule has 106 valence electrons. The van der Waals surface area contributed by atoms with E-state index in [4.69, 9.17) is 23.2 Å². The summed E-state index contributed by atoms with van der Waals surface area (Å²) < 4.78 is 1.10. The maximum absolute atomic E-state index is 6.18. The van der Waals surface area contributed by atoms with Crippen LogP contribution in [0.15, 0.2) is 46.9 Å². The summed E-state index contributed by atoms with van der Waals surface area (Å²) in [5, 5.41) is 4.72. The summed E-state index contributed by atoms with van der Waals surface area (Å²) in [7, 11) is 0. The van der Waals surface area contributed by atoms with Gasteiger partial charge in [-0.1, -0.05) is 63.4 Å². The number of nitrogens with one attached hydrogen (secondary N) is 1. The van der Waals surface area contributed by atoms with E-state index in [1.54, 1.807) is 6.07 Å². The minimum Gasteiger partial charge on any atom is -0.310 e. The summed E-state index contributed by atoms with van der Waals surface area (Å²) in [5.74, 6) is 0. The molecule has 1 N–H and O–H groups in total. The van der Waals surface area contributed by atoms with E-state index in [9.17, 15) is 0 Å². The van der Waals surface area contributed by atoms with E-state index in [0.717, 1.165) is 23.0 Å². The third-order valence-electron chi connectivity index (χ3n) is 3.13. The smallest absolute Gasteiger partial charge is 0.0637 e. The van der Waals surface area contributed by atoms with Crippen LogP contribution in [0.3, 0.4) is 0 Å². The maximum Gasteiger partial charge on any atom is 0.0637 e. The molecule has 0 aliphatic rings. The maximum atomic E-state index is 6.18. The first-order chi connectivity index (χ1) is 9.56. The van der Waals surface area contributed by atoms with E-state index >= 15 is 0 Å². The lowest BCUT2D eigenvalue weighted by molar-refractivity contribution is 0.545. The first kappa shape index (κ1) is 15.8. The van der Waals surface area contributed by atoms with Crippen LogP contribution in [0.4, 0.5) is 0 Å². The molecule has 0 bridgehead atoms. The Bertz CT molecular complexity index is 569. The van der Waals surface area contributed by atoms with Crippen molar-refractivity contribution in [3.05, 3.63) is 68.1 Å². The van der Waals surface area contributed by atoms with Crippen molar-refractivity contribution in [2.45, 2.75) is 25.9 Å². The molecule has 0 heterocycles. The molecule has 2 rings (SSSR count). The molecule has 20 heavy (non-hydrogen) atoms. The number of rotatable bonds is 5. The van der Waals surface area contributed by atoms with Gasteiger partial charge >= 0.3 is 0 Å². The quantitative estimate of drug-likeness (QED) is 0.732. The van der Waals surface area contributed by atoms with Crippen LogP contribution in [0.25, 0.3) is 0 Å². The van der Waals surface area contributed by atoms with E-state index in [1.165, 1.54) is 5.56 Å². The van der Waals surface area contributed by atoms with Gasteiger partial charge in [-0.25, -0.2) is 0 Å². The molecule has 0 aliphatic heterocycles. The molecule has 0 amide bonds. The second-order valence-corrected chi connectivity index (χ2v) is 6.53. The van der Waals surface area contributed by atoms with Crippen molar-refractivity contribution in [2.24, 2.45) is 0 Å². The number of benzene rings is 2. The normalized spacial score (nSPS) is 12.4. The van der Waals surface area contributed by atoms with Crippen molar-refractivity contribution in [2.75, 3.05) is 0 Å². The lowest BCUT2D eigenvalue weighted by Crippen LogP contribution is -2.27. The molecular weight excluding hydrogens is 357 g/mol. The monoisotopic (exact) mass is 371 g/mol. The molecule has 0 aromatic heterocycles. The molecular formula is C16H16BrCl2N. The van der Waals surface area contributed by atoms with Crippen molar-refractivity contribution in [1.29, 1.82) is 0 Å². The molecule has 2 aromatic carbocycles. The number of halogens is 3. The third-order valence-corrected chi connectivity index (χ3v) is 4.51. The van der Waals surface area contributed by atoms with E-state index in [2.05, 4.69) is 52.4 Å². The topological polar surface area (TPSA) is 12.0 Å². The predicted molar refractivity (Wildman–Crippen MR) is 90.6 cm³/mol. The summed E-state index contributed by atoms with van der Waals surface area (Å²) in [5.41, 5.74) is 2.34. The van der Waals surface area contributed by atoms with Gasteiger partial charge in [0.1, 0.15) is 0 Å². The Kier molecular flexibility index (Phi) is 5.91. The Morgan fingerprint density at radius 2 is 1.80 bits per heavy atom. The first-order valence-electron chi connectivity index (χ1n) is 6.47. The van der Waals surface area contributed by atoms with E-state index in [0.29, 0.717) is 16.1 Å². The Morgan fingerprint density at radius 3 is 2.50 bits per heavy atom. The molecule has 1 atom stereocenters. The van der Waals surface area contributed by atoms with Gasteiger partial charge in [-0.05, 0) is 42.7 Å². The average Bonchev–Trinajstić information content (AvgIpc) is 2.43. The standard InChI is InChI=1S/C16H16BrCl2N/c1-11(9-12-5-7-14(17)8-6-12)20-10-13-3-2-4-15(18)16(13)19/h2-8,11,20H,9-10H2,1H3. The summed E-state index contributed by atoms with van der Waals surface area (Å²) >= 11 is 15.6. The molecule has 1 nitrogen and oxygen atoms in total. The highest BCUT2D eigenvalue weighted by Crippen LogP contribution is 2.25. The fourth-order valence-corrected chi connectivity index (χ4v) is 2.67. The summed E-state index contributed by atoms with van der Waals surface area (Å²) in [6, 6.07) is 14.5. The van der Waals surface area contributed by atoms with Gasteiger partial charge in [0.25, 0.3) is 0 Å². The van der Waals surface area contributed by atoms with Gasteiger partial charge in [-0.15, -0.1) is 0 Å². The third kappa shape index (κ3) is 4.49. The Hall–Kier alpha value is -0.540. The predicted octanol–water partition coefficient (Wildman–Crippen LogP) is 5.48. The Morgan fingerprint density at radius 1 is 1.10 bits per heavy atom. The Labute approximate surface area is 138 Å². The fraction of sp³-hybridized carbons (Fsp3) is 0.250. The Balaban J connectivity index is 1.90. The van der Waals surface area contributed by atoms with Crippen molar-refractivity contribution in [3.63, 3.8) is 0 Å². The van der Waals surface area contributed by atoms with Gasteiger partial charge in [0.15, 0.2) is 0 Å². The highest BCUT2D eigenvalue weighted by Gasteiger charge is 2.07. The lowest BCUT2D eigenvalue weighted by atomic mass is 10.1. The van der Waals surface area contributed by atoms with Crippen molar-refractivity contribution in [3.8, 4) is 0 Å². The van der Waals surface area contributed by atoms with E-state index in [-0.39, 0.29) is 0 Å². The SMILES string of the molecule is CC(Cc1ccc(Br)cc1)NCc1cccc(Cl)c1Cl. The molecule has 0 saturated carbocycles. The van der Waals surface area contributed by atoms with Crippen molar-refractivity contribution >= 4 is 39.1 Å². The second-order valence-electron chi connectivity index (χ2n) is 4.83. The summed E-state index contributed by atoms with van der Waals surface area (Å²) in [6.07, 6.45) is 0.978. The van der Waals surface area contributed by atoms with Gasteiger partial charge in [-0.2, -0.15) is 0 Å². The highest BCUT2D eigenvalue weighted by atomic mass is 79.9. The molecule has 0 spiro atoms. The highest BCUT2D eigenvalue weighted by molar-refractivity contribution is 9.10. The zero-order chi connectivity index (χ0) is 14.5. The molecule has 1 unspecified atom stereocenters. The summed E-state index contributed by atoms with van der Waals surface area (Å²) in [6.45, 7) is 2.89. The van der Waals surface area contributed by atoms with Crippen LogP contribution in [0, 0.1) is 0 Å². The molecule has 0 radical (unpaired) electrons. The average molecular weight is 373 g/mol. The van der Waals surface area contributed by atoms with E-state index < -0.39 is 0 Å². The number of hydrogen-bond acceptors (Lipinski definition) is 1.